The van der Waals surface area contributed by atoms with Gasteiger partial charge < -0.3 is 10.1 Å². The number of amides is 1. The molecule has 7 heteroatoms. The largest absolute Gasteiger partial charge is 0.497 e. The van der Waals surface area contributed by atoms with Gasteiger partial charge in [-0.25, -0.2) is 8.42 Å². The molecule has 0 aliphatic rings. The standard InChI is InChI=1S/C22H30N2O4S/c1-5-24(6-2)29(26,27)21-14-7-18(8-15-21)9-16-22(25)23-17(3)19-10-12-20(28-4)13-11-19/h7-8,10-15,17H,5-6,9,16H2,1-4H3,(H,23,25)/t17-/m1/s1. The summed E-state index contributed by atoms with van der Waals surface area (Å²) in [5.74, 6) is 0.729. The number of hydrogen-bond donors (Lipinski definition) is 1. The highest BCUT2D eigenvalue weighted by Gasteiger charge is 2.21. The van der Waals surface area contributed by atoms with Gasteiger partial charge in [-0.1, -0.05) is 38.1 Å². The van der Waals surface area contributed by atoms with Crippen LogP contribution in [-0.4, -0.2) is 38.8 Å². The van der Waals surface area contributed by atoms with Gasteiger partial charge in [-0.15, -0.1) is 0 Å². The van der Waals surface area contributed by atoms with E-state index in [9.17, 15) is 13.2 Å². The summed E-state index contributed by atoms with van der Waals surface area (Å²) in [6.07, 6.45) is 0.884. The van der Waals surface area contributed by atoms with E-state index in [1.165, 1.54) is 4.31 Å². The Morgan fingerprint density at radius 2 is 1.62 bits per heavy atom. The third kappa shape index (κ3) is 6.05. The lowest BCUT2D eigenvalue weighted by atomic mass is 10.1. The molecule has 0 fully saturated rings. The van der Waals surface area contributed by atoms with Crippen molar-refractivity contribution >= 4 is 15.9 Å². The lowest BCUT2D eigenvalue weighted by molar-refractivity contribution is -0.121. The second kappa shape index (κ2) is 10.4. The number of carbonyl (C=O) groups is 1. The SMILES string of the molecule is CCN(CC)S(=O)(=O)c1ccc(CCC(=O)N[C@H](C)c2ccc(OC)cc2)cc1. The lowest BCUT2D eigenvalue weighted by Crippen LogP contribution is -2.30. The predicted octanol–water partition coefficient (Wildman–Crippen LogP) is 3.54. The first-order chi connectivity index (χ1) is 13.8. The molecule has 1 amide bonds. The Morgan fingerprint density at radius 3 is 2.14 bits per heavy atom. The Bertz CT molecular complexity index is 889. The van der Waals surface area contributed by atoms with Crippen molar-refractivity contribution in [2.75, 3.05) is 20.2 Å². The quantitative estimate of drug-likeness (QED) is 0.640. The summed E-state index contributed by atoms with van der Waals surface area (Å²) in [6.45, 7) is 6.45. The molecule has 0 radical (unpaired) electrons. The molecule has 2 rings (SSSR count). The topological polar surface area (TPSA) is 75.7 Å². The van der Waals surface area contributed by atoms with Crippen molar-refractivity contribution in [1.29, 1.82) is 0 Å². The Balaban J connectivity index is 1.91. The molecular weight excluding hydrogens is 388 g/mol. The van der Waals surface area contributed by atoms with E-state index in [2.05, 4.69) is 5.32 Å². The normalized spacial score (nSPS) is 12.6. The van der Waals surface area contributed by atoms with Crippen LogP contribution in [0.3, 0.4) is 0 Å². The third-order valence-electron chi connectivity index (χ3n) is 4.90. The number of methoxy groups -OCH3 is 1. The van der Waals surface area contributed by atoms with Crippen molar-refractivity contribution in [2.24, 2.45) is 0 Å². The third-order valence-corrected chi connectivity index (χ3v) is 6.96. The predicted molar refractivity (Wildman–Crippen MR) is 114 cm³/mol. The average Bonchev–Trinajstić information content (AvgIpc) is 2.73. The zero-order valence-corrected chi connectivity index (χ0v) is 18.3. The zero-order chi connectivity index (χ0) is 21.4. The number of sulfonamides is 1. The van der Waals surface area contributed by atoms with Gasteiger partial charge in [-0.2, -0.15) is 4.31 Å². The van der Waals surface area contributed by atoms with Crippen molar-refractivity contribution in [3.63, 3.8) is 0 Å². The first-order valence-electron chi connectivity index (χ1n) is 9.84. The van der Waals surface area contributed by atoms with Gasteiger partial charge in [0, 0.05) is 19.5 Å². The van der Waals surface area contributed by atoms with Crippen molar-refractivity contribution in [3.05, 3.63) is 59.7 Å². The molecule has 0 saturated carbocycles. The van der Waals surface area contributed by atoms with E-state index in [1.54, 1.807) is 31.4 Å². The zero-order valence-electron chi connectivity index (χ0n) is 17.5. The van der Waals surface area contributed by atoms with E-state index in [-0.39, 0.29) is 16.8 Å². The Morgan fingerprint density at radius 1 is 1.03 bits per heavy atom. The van der Waals surface area contributed by atoms with Crippen LogP contribution in [0.2, 0.25) is 0 Å². The minimum absolute atomic E-state index is 0.0480. The summed E-state index contributed by atoms with van der Waals surface area (Å²) in [5, 5.41) is 2.99. The van der Waals surface area contributed by atoms with Crippen molar-refractivity contribution in [1.82, 2.24) is 9.62 Å². The molecule has 0 aliphatic carbocycles. The molecule has 0 saturated heterocycles. The van der Waals surface area contributed by atoms with Crippen molar-refractivity contribution in [3.8, 4) is 5.75 Å². The molecule has 0 heterocycles. The number of ether oxygens (including phenoxy) is 1. The van der Waals surface area contributed by atoms with E-state index >= 15 is 0 Å². The number of hydrogen-bond acceptors (Lipinski definition) is 4. The minimum Gasteiger partial charge on any atom is -0.497 e. The van der Waals surface area contributed by atoms with Crippen LogP contribution >= 0.6 is 0 Å². The van der Waals surface area contributed by atoms with Crippen LogP contribution in [0.15, 0.2) is 53.4 Å². The van der Waals surface area contributed by atoms with E-state index in [1.807, 2.05) is 45.0 Å². The van der Waals surface area contributed by atoms with Crippen LogP contribution in [0.4, 0.5) is 0 Å². The van der Waals surface area contributed by atoms with Crippen LogP contribution in [0.5, 0.6) is 5.75 Å². The molecule has 2 aromatic carbocycles. The monoisotopic (exact) mass is 418 g/mol. The van der Waals surface area contributed by atoms with Crippen molar-refractivity contribution < 1.29 is 17.9 Å². The summed E-state index contributed by atoms with van der Waals surface area (Å²) >= 11 is 0. The minimum atomic E-state index is -3.46. The smallest absolute Gasteiger partial charge is 0.243 e. The highest BCUT2D eigenvalue weighted by molar-refractivity contribution is 7.89. The Labute approximate surface area is 173 Å². The van der Waals surface area contributed by atoms with E-state index in [0.717, 1.165) is 16.9 Å². The fourth-order valence-electron chi connectivity index (χ4n) is 3.09. The van der Waals surface area contributed by atoms with E-state index in [0.29, 0.717) is 25.9 Å². The summed E-state index contributed by atoms with van der Waals surface area (Å²) < 4.78 is 31.6. The molecule has 158 valence electrons. The molecule has 29 heavy (non-hydrogen) atoms. The fraction of sp³-hybridized carbons (Fsp3) is 0.409. The lowest BCUT2D eigenvalue weighted by Gasteiger charge is -2.18. The fourth-order valence-corrected chi connectivity index (χ4v) is 4.55. The van der Waals surface area contributed by atoms with Crippen molar-refractivity contribution in [2.45, 2.75) is 44.6 Å². The number of carbonyl (C=O) groups excluding carboxylic acids is 1. The second-order valence-electron chi connectivity index (χ2n) is 6.80. The Hall–Kier alpha value is -2.38. The number of nitrogens with one attached hydrogen (secondary N) is 1. The molecule has 1 atom stereocenters. The molecule has 0 spiro atoms. The van der Waals surface area contributed by atoms with Gasteiger partial charge in [0.15, 0.2) is 0 Å². The van der Waals surface area contributed by atoms with Crippen LogP contribution in [0.1, 0.15) is 44.4 Å². The average molecular weight is 419 g/mol. The molecule has 6 nitrogen and oxygen atoms in total. The van der Waals surface area contributed by atoms with Crippen LogP contribution < -0.4 is 10.1 Å². The number of rotatable bonds is 10. The number of benzene rings is 2. The highest BCUT2D eigenvalue weighted by Crippen LogP contribution is 2.19. The molecule has 0 aromatic heterocycles. The van der Waals surface area contributed by atoms with Gasteiger partial charge >= 0.3 is 0 Å². The van der Waals surface area contributed by atoms with Crippen LogP contribution in [-0.2, 0) is 21.2 Å². The molecule has 1 N–H and O–H groups in total. The van der Waals surface area contributed by atoms with Gasteiger partial charge in [-0.05, 0) is 48.7 Å². The van der Waals surface area contributed by atoms with Crippen LogP contribution in [0, 0.1) is 0 Å². The van der Waals surface area contributed by atoms with E-state index in [4.69, 9.17) is 4.74 Å². The summed E-state index contributed by atoms with van der Waals surface area (Å²) in [5.41, 5.74) is 1.93. The van der Waals surface area contributed by atoms with Gasteiger partial charge in [0.2, 0.25) is 15.9 Å². The molecule has 2 aromatic rings. The van der Waals surface area contributed by atoms with Gasteiger partial charge in [0.25, 0.3) is 0 Å². The highest BCUT2D eigenvalue weighted by atomic mass is 32.2. The van der Waals surface area contributed by atoms with Gasteiger partial charge in [-0.3, -0.25) is 4.79 Å². The maximum Gasteiger partial charge on any atom is 0.243 e. The summed E-state index contributed by atoms with van der Waals surface area (Å²) in [7, 11) is -1.84. The maximum atomic E-state index is 12.5. The van der Waals surface area contributed by atoms with E-state index < -0.39 is 10.0 Å². The first kappa shape index (κ1) is 22.9. The number of nitrogens with zero attached hydrogens (tertiary/aromatic N) is 1. The Kier molecular flexibility index (Phi) is 8.22. The molecule has 0 aliphatic heterocycles. The van der Waals surface area contributed by atoms with Gasteiger partial charge in [0.1, 0.15) is 5.75 Å². The van der Waals surface area contributed by atoms with Crippen LogP contribution in [0.25, 0.3) is 0 Å². The first-order valence-corrected chi connectivity index (χ1v) is 11.3. The summed E-state index contributed by atoms with van der Waals surface area (Å²) in [4.78, 5) is 12.6. The second-order valence-corrected chi connectivity index (χ2v) is 8.73. The molecule has 0 bridgehead atoms. The van der Waals surface area contributed by atoms with Gasteiger partial charge in [0.05, 0.1) is 18.0 Å². The summed E-state index contributed by atoms with van der Waals surface area (Å²) in [6, 6.07) is 14.3. The maximum absolute atomic E-state index is 12.5. The number of aryl methyl sites for hydroxylation is 1. The molecule has 0 unspecified atom stereocenters. The molecular formula is C22H30N2O4S.